The minimum absolute atomic E-state index is 0.0788. The van der Waals surface area contributed by atoms with Crippen molar-refractivity contribution >= 4 is 15.7 Å². The van der Waals surface area contributed by atoms with Gasteiger partial charge in [0.1, 0.15) is 0 Å². The van der Waals surface area contributed by atoms with Gasteiger partial charge in [-0.05, 0) is 62.8 Å². The van der Waals surface area contributed by atoms with Gasteiger partial charge in [-0.25, -0.2) is 8.42 Å². The molecule has 2 unspecified atom stereocenters. The molecule has 1 aromatic rings. The number of piperidine rings is 1. The van der Waals surface area contributed by atoms with Crippen molar-refractivity contribution in [3.05, 3.63) is 23.3 Å². The molecule has 2 aliphatic heterocycles. The van der Waals surface area contributed by atoms with Crippen LogP contribution in [-0.4, -0.2) is 36.0 Å². The summed E-state index contributed by atoms with van der Waals surface area (Å²) in [5.74, 6) is 0. The first-order valence-corrected chi connectivity index (χ1v) is 8.83. The normalized spacial score (nSPS) is 29.8. The van der Waals surface area contributed by atoms with E-state index in [1.54, 1.807) is 16.4 Å². The van der Waals surface area contributed by atoms with Crippen molar-refractivity contribution in [1.82, 2.24) is 4.31 Å². The molecule has 0 aliphatic carbocycles. The molecule has 2 atom stereocenters. The molecule has 5 nitrogen and oxygen atoms in total. The van der Waals surface area contributed by atoms with Crippen molar-refractivity contribution in [2.75, 3.05) is 5.73 Å². The van der Waals surface area contributed by atoms with Crippen molar-refractivity contribution in [3.63, 3.8) is 0 Å². The van der Waals surface area contributed by atoms with Crippen LogP contribution in [0.2, 0.25) is 0 Å². The zero-order valence-electron chi connectivity index (χ0n) is 12.4. The predicted octanol–water partition coefficient (Wildman–Crippen LogP) is 1.56. The van der Waals surface area contributed by atoms with Gasteiger partial charge < -0.3 is 10.8 Å². The Morgan fingerprint density at radius 2 is 1.76 bits per heavy atom. The molecule has 21 heavy (non-hydrogen) atoms. The highest BCUT2D eigenvalue weighted by molar-refractivity contribution is 7.89. The Morgan fingerprint density at radius 3 is 2.33 bits per heavy atom. The van der Waals surface area contributed by atoms with E-state index in [4.69, 9.17) is 5.73 Å². The molecule has 3 rings (SSSR count). The zero-order chi connectivity index (χ0) is 15.4. The minimum atomic E-state index is -3.55. The van der Waals surface area contributed by atoms with E-state index in [1.165, 1.54) is 0 Å². The number of hydrogen-bond acceptors (Lipinski definition) is 4. The molecule has 0 radical (unpaired) electrons. The van der Waals surface area contributed by atoms with Gasteiger partial charge in [-0.15, -0.1) is 0 Å². The average molecular weight is 310 g/mol. The van der Waals surface area contributed by atoms with Gasteiger partial charge in [0, 0.05) is 17.8 Å². The lowest BCUT2D eigenvalue weighted by molar-refractivity contribution is 0.0768. The Labute approximate surface area is 125 Å². The van der Waals surface area contributed by atoms with Crippen LogP contribution in [-0.2, 0) is 10.0 Å². The molecule has 0 amide bonds. The van der Waals surface area contributed by atoms with Gasteiger partial charge in [-0.2, -0.15) is 4.31 Å². The number of nitrogens with zero attached hydrogens (tertiary/aromatic N) is 1. The summed E-state index contributed by atoms with van der Waals surface area (Å²) in [5, 5.41) is 9.85. The van der Waals surface area contributed by atoms with E-state index in [-0.39, 0.29) is 18.2 Å². The van der Waals surface area contributed by atoms with Gasteiger partial charge in [-0.3, -0.25) is 0 Å². The summed E-state index contributed by atoms with van der Waals surface area (Å²) >= 11 is 0. The number of aliphatic hydroxyl groups is 1. The van der Waals surface area contributed by atoms with Crippen LogP contribution < -0.4 is 5.73 Å². The molecule has 2 heterocycles. The van der Waals surface area contributed by atoms with Crippen molar-refractivity contribution < 1.29 is 13.5 Å². The van der Waals surface area contributed by atoms with E-state index < -0.39 is 10.0 Å². The van der Waals surface area contributed by atoms with E-state index in [0.29, 0.717) is 23.4 Å². The smallest absolute Gasteiger partial charge is 0.243 e. The molecule has 2 bridgehead atoms. The number of fused-ring (bicyclic) bond motifs is 2. The monoisotopic (exact) mass is 310 g/mol. The van der Waals surface area contributed by atoms with Crippen molar-refractivity contribution in [3.8, 4) is 0 Å². The zero-order valence-corrected chi connectivity index (χ0v) is 13.2. The van der Waals surface area contributed by atoms with Crippen LogP contribution >= 0.6 is 0 Å². The molecule has 2 fully saturated rings. The van der Waals surface area contributed by atoms with Gasteiger partial charge in [0.05, 0.1) is 11.0 Å². The van der Waals surface area contributed by atoms with Crippen LogP contribution in [0.5, 0.6) is 0 Å². The molecule has 0 saturated carbocycles. The second-order valence-corrected chi connectivity index (χ2v) is 8.12. The lowest BCUT2D eigenvalue weighted by atomic mass is 10.0. The molecule has 0 aromatic heterocycles. The van der Waals surface area contributed by atoms with Crippen molar-refractivity contribution in [2.24, 2.45) is 0 Å². The van der Waals surface area contributed by atoms with Crippen molar-refractivity contribution in [2.45, 2.75) is 62.6 Å². The van der Waals surface area contributed by atoms with E-state index >= 15 is 0 Å². The molecule has 6 heteroatoms. The number of aryl methyl sites for hydroxylation is 1. The number of nitrogens with two attached hydrogens (primary N) is 1. The van der Waals surface area contributed by atoms with Gasteiger partial charge in [0.15, 0.2) is 0 Å². The highest BCUT2D eigenvalue weighted by Crippen LogP contribution is 2.40. The van der Waals surface area contributed by atoms with Crippen LogP contribution in [0.3, 0.4) is 0 Å². The Kier molecular flexibility index (Phi) is 3.50. The molecule has 1 aromatic carbocycles. The largest absolute Gasteiger partial charge is 0.399 e. The second-order valence-electron chi connectivity index (χ2n) is 6.31. The van der Waals surface area contributed by atoms with Crippen LogP contribution in [0.1, 0.15) is 36.8 Å². The highest BCUT2D eigenvalue weighted by atomic mass is 32.2. The first-order valence-electron chi connectivity index (χ1n) is 7.39. The quantitative estimate of drug-likeness (QED) is 0.812. The highest BCUT2D eigenvalue weighted by Gasteiger charge is 2.47. The topological polar surface area (TPSA) is 83.6 Å². The van der Waals surface area contributed by atoms with E-state index in [9.17, 15) is 13.5 Å². The second kappa shape index (κ2) is 4.97. The number of aliphatic hydroxyl groups excluding tert-OH is 1. The molecule has 2 saturated heterocycles. The fourth-order valence-electron chi connectivity index (χ4n) is 3.73. The van der Waals surface area contributed by atoms with Gasteiger partial charge >= 0.3 is 0 Å². The number of anilines is 1. The lowest BCUT2D eigenvalue weighted by Gasteiger charge is -2.36. The summed E-state index contributed by atoms with van der Waals surface area (Å²) in [6.45, 7) is 3.70. The maximum atomic E-state index is 13.1. The molecular weight excluding hydrogens is 288 g/mol. The maximum Gasteiger partial charge on any atom is 0.243 e. The summed E-state index contributed by atoms with van der Waals surface area (Å²) < 4.78 is 27.8. The molecule has 3 N–H and O–H groups in total. The number of sulfonamides is 1. The number of hydrogen-bond donors (Lipinski definition) is 2. The molecule has 0 spiro atoms. The predicted molar refractivity (Wildman–Crippen MR) is 81.4 cm³/mol. The third-order valence-electron chi connectivity index (χ3n) is 4.84. The van der Waals surface area contributed by atoms with Crippen LogP contribution in [0.25, 0.3) is 0 Å². The van der Waals surface area contributed by atoms with E-state index in [0.717, 1.165) is 24.0 Å². The molecule has 2 aliphatic rings. The Balaban J connectivity index is 2.06. The van der Waals surface area contributed by atoms with Gasteiger partial charge in [0.25, 0.3) is 0 Å². The summed E-state index contributed by atoms with van der Waals surface area (Å²) in [5.41, 5.74) is 7.96. The number of nitrogen functional groups attached to an aromatic ring is 1. The first-order chi connectivity index (χ1) is 9.80. The summed E-state index contributed by atoms with van der Waals surface area (Å²) in [6.07, 6.45) is 2.37. The fourth-order valence-corrected chi connectivity index (χ4v) is 5.96. The SMILES string of the molecule is Cc1cc(N)cc(S(=O)(=O)N2C3CCC2CC(O)C3)c1C. The van der Waals surface area contributed by atoms with Crippen molar-refractivity contribution in [1.29, 1.82) is 0 Å². The third-order valence-corrected chi connectivity index (χ3v) is 6.97. The Morgan fingerprint density at radius 1 is 1.19 bits per heavy atom. The van der Waals surface area contributed by atoms with E-state index in [2.05, 4.69) is 0 Å². The molecular formula is C15H22N2O3S. The Bertz CT molecular complexity index is 658. The number of rotatable bonds is 2. The van der Waals surface area contributed by atoms with Crippen LogP contribution in [0.4, 0.5) is 5.69 Å². The summed E-state index contributed by atoms with van der Waals surface area (Å²) in [4.78, 5) is 0.313. The first kappa shape index (κ1) is 14.8. The summed E-state index contributed by atoms with van der Waals surface area (Å²) in [7, 11) is -3.55. The number of benzene rings is 1. The minimum Gasteiger partial charge on any atom is -0.399 e. The van der Waals surface area contributed by atoms with E-state index in [1.807, 2.05) is 13.8 Å². The average Bonchev–Trinajstić information content (AvgIpc) is 2.67. The third kappa shape index (κ3) is 2.35. The molecule has 116 valence electrons. The fraction of sp³-hybridized carbons (Fsp3) is 0.600. The Hall–Kier alpha value is -1.11. The van der Waals surface area contributed by atoms with Gasteiger partial charge in [-0.1, -0.05) is 0 Å². The summed E-state index contributed by atoms with van der Waals surface area (Å²) in [6, 6.07) is 3.19. The van der Waals surface area contributed by atoms with Gasteiger partial charge in [0.2, 0.25) is 10.0 Å². The standard InChI is InChI=1S/C15H22N2O3S/c1-9-5-11(16)6-15(10(9)2)21(19,20)17-12-3-4-13(17)8-14(18)7-12/h5-6,12-14,18H,3-4,7-8,16H2,1-2H3. The maximum absolute atomic E-state index is 13.1. The van der Waals surface area contributed by atoms with Crippen LogP contribution in [0, 0.1) is 13.8 Å². The lowest BCUT2D eigenvalue weighted by Crippen LogP contribution is -2.48. The van der Waals surface area contributed by atoms with Crippen LogP contribution in [0.15, 0.2) is 17.0 Å².